The number of nitrogens with two attached hydrogens (primary N) is 1. The first-order valence-electron chi connectivity index (χ1n) is 5.97. The highest BCUT2D eigenvalue weighted by Gasteiger charge is 2.21. The largest absolute Gasteiger partial charge is 0.369 e. The lowest BCUT2D eigenvalue weighted by Gasteiger charge is -2.05. The Hall–Kier alpha value is -1.51. The van der Waals surface area contributed by atoms with E-state index in [-0.39, 0.29) is 0 Å². The summed E-state index contributed by atoms with van der Waals surface area (Å²) >= 11 is 0. The molecule has 1 aromatic heterocycles. The monoisotopic (exact) mass is 215 g/mol. The van der Waals surface area contributed by atoms with Crippen LogP contribution in [-0.4, -0.2) is 9.55 Å². The molecular formula is C13H17N3. The second-order valence-corrected chi connectivity index (χ2v) is 4.80. The average Bonchev–Trinajstić information content (AvgIpc) is 3.02. The predicted molar refractivity (Wildman–Crippen MR) is 66.2 cm³/mol. The van der Waals surface area contributed by atoms with Crippen molar-refractivity contribution >= 4 is 17.0 Å². The SMILES string of the molecule is Cc1cccc2c1nc(N)n2CCC1CC1. The van der Waals surface area contributed by atoms with Crippen LogP contribution >= 0.6 is 0 Å². The molecule has 1 aromatic carbocycles. The first-order chi connectivity index (χ1) is 7.75. The number of aromatic nitrogens is 2. The molecule has 1 saturated carbocycles. The van der Waals surface area contributed by atoms with Crippen molar-refractivity contribution in [3.63, 3.8) is 0 Å². The van der Waals surface area contributed by atoms with Gasteiger partial charge in [-0.2, -0.15) is 0 Å². The van der Waals surface area contributed by atoms with E-state index in [1.165, 1.54) is 30.3 Å². The van der Waals surface area contributed by atoms with Gasteiger partial charge < -0.3 is 10.3 Å². The minimum absolute atomic E-state index is 0.657. The van der Waals surface area contributed by atoms with Gasteiger partial charge in [0, 0.05) is 6.54 Å². The second kappa shape index (κ2) is 3.51. The number of imidazole rings is 1. The highest BCUT2D eigenvalue weighted by atomic mass is 15.1. The molecule has 0 saturated heterocycles. The highest BCUT2D eigenvalue weighted by Crippen LogP contribution is 2.33. The molecule has 1 aliphatic carbocycles. The molecule has 0 aliphatic heterocycles. The molecule has 0 radical (unpaired) electrons. The van der Waals surface area contributed by atoms with E-state index in [0.717, 1.165) is 18.0 Å². The van der Waals surface area contributed by atoms with Gasteiger partial charge in [0.25, 0.3) is 0 Å². The Balaban J connectivity index is 2.00. The van der Waals surface area contributed by atoms with Gasteiger partial charge in [0.2, 0.25) is 5.95 Å². The Labute approximate surface area is 95.3 Å². The van der Waals surface area contributed by atoms with Crippen LogP contribution in [0.15, 0.2) is 18.2 Å². The Morgan fingerprint density at radius 1 is 1.44 bits per heavy atom. The van der Waals surface area contributed by atoms with Crippen LogP contribution in [0.3, 0.4) is 0 Å². The van der Waals surface area contributed by atoms with Crippen LogP contribution in [0.4, 0.5) is 5.95 Å². The topological polar surface area (TPSA) is 43.8 Å². The summed E-state index contributed by atoms with van der Waals surface area (Å²) in [5, 5.41) is 0. The molecule has 1 fully saturated rings. The van der Waals surface area contributed by atoms with E-state index in [4.69, 9.17) is 5.73 Å². The Morgan fingerprint density at radius 3 is 3.00 bits per heavy atom. The fourth-order valence-corrected chi connectivity index (χ4v) is 2.26. The maximum atomic E-state index is 5.98. The number of benzene rings is 1. The molecule has 0 atom stereocenters. The fourth-order valence-electron chi connectivity index (χ4n) is 2.26. The van der Waals surface area contributed by atoms with E-state index in [2.05, 4.69) is 34.7 Å². The normalized spacial score (nSPS) is 15.8. The third-order valence-corrected chi connectivity index (χ3v) is 3.47. The first-order valence-corrected chi connectivity index (χ1v) is 5.97. The highest BCUT2D eigenvalue weighted by molar-refractivity contribution is 5.81. The summed E-state index contributed by atoms with van der Waals surface area (Å²) in [6.07, 6.45) is 4.03. The van der Waals surface area contributed by atoms with Gasteiger partial charge in [0.05, 0.1) is 11.0 Å². The zero-order chi connectivity index (χ0) is 11.1. The molecular weight excluding hydrogens is 198 g/mol. The van der Waals surface area contributed by atoms with E-state index in [0.29, 0.717) is 5.95 Å². The molecule has 1 aliphatic rings. The van der Waals surface area contributed by atoms with Crippen molar-refractivity contribution in [1.29, 1.82) is 0 Å². The van der Waals surface area contributed by atoms with E-state index in [1.54, 1.807) is 0 Å². The molecule has 0 amide bonds. The summed E-state index contributed by atoms with van der Waals surface area (Å²) in [5.41, 5.74) is 9.41. The number of aryl methyl sites for hydroxylation is 2. The quantitative estimate of drug-likeness (QED) is 0.855. The predicted octanol–water partition coefficient (Wildman–Crippen LogP) is 2.73. The van der Waals surface area contributed by atoms with Crippen LogP contribution < -0.4 is 5.73 Å². The van der Waals surface area contributed by atoms with Crippen LogP contribution in [0.25, 0.3) is 11.0 Å². The Kier molecular flexibility index (Phi) is 2.13. The number of anilines is 1. The van der Waals surface area contributed by atoms with Crippen molar-refractivity contribution in [1.82, 2.24) is 9.55 Å². The molecule has 84 valence electrons. The lowest BCUT2D eigenvalue weighted by atomic mass is 10.2. The molecule has 16 heavy (non-hydrogen) atoms. The summed E-state index contributed by atoms with van der Waals surface area (Å²) in [5.74, 6) is 1.59. The molecule has 3 heteroatoms. The number of hydrogen-bond acceptors (Lipinski definition) is 2. The molecule has 2 aromatic rings. The van der Waals surface area contributed by atoms with Gasteiger partial charge in [-0.05, 0) is 30.9 Å². The number of para-hydroxylation sites is 1. The van der Waals surface area contributed by atoms with E-state index in [1.807, 2.05) is 0 Å². The van der Waals surface area contributed by atoms with Crippen molar-refractivity contribution in [2.45, 2.75) is 32.7 Å². The molecule has 2 N–H and O–H groups in total. The van der Waals surface area contributed by atoms with Gasteiger partial charge in [-0.1, -0.05) is 25.0 Å². The van der Waals surface area contributed by atoms with Crippen LogP contribution in [0.1, 0.15) is 24.8 Å². The minimum Gasteiger partial charge on any atom is -0.369 e. The number of rotatable bonds is 3. The average molecular weight is 215 g/mol. The van der Waals surface area contributed by atoms with Crippen LogP contribution in [0.5, 0.6) is 0 Å². The maximum Gasteiger partial charge on any atom is 0.201 e. The van der Waals surface area contributed by atoms with Gasteiger partial charge >= 0.3 is 0 Å². The van der Waals surface area contributed by atoms with E-state index < -0.39 is 0 Å². The third kappa shape index (κ3) is 1.56. The Bertz CT molecular complexity index is 523. The second-order valence-electron chi connectivity index (χ2n) is 4.80. The van der Waals surface area contributed by atoms with Gasteiger partial charge in [0.1, 0.15) is 0 Å². The van der Waals surface area contributed by atoms with Crippen molar-refractivity contribution < 1.29 is 0 Å². The zero-order valence-electron chi connectivity index (χ0n) is 9.61. The van der Waals surface area contributed by atoms with Crippen LogP contribution in [0, 0.1) is 12.8 Å². The standard InChI is InChI=1S/C13H17N3/c1-9-3-2-4-11-12(9)15-13(14)16(11)8-7-10-5-6-10/h2-4,10H,5-8H2,1H3,(H2,14,15). The Morgan fingerprint density at radius 2 is 2.25 bits per heavy atom. The lowest BCUT2D eigenvalue weighted by molar-refractivity contribution is 0.614. The summed E-state index contributed by atoms with van der Waals surface area (Å²) < 4.78 is 2.15. The fraction of sp³-hybridized carbons (Fsp3) is 0.462. The molecule has 0 unspecified atom stereocenters. The molecule has 0 bridgehead atoms. The van der Waals surface area contributed by atoms with Gasteiger partial charge in [-0.15, -0.1) is 0 Å². The van der Waals surface area contributed by atoms with Gasteiger partial charge in [0.15, 0.2) is 0 Å². The molecule has 0 spiro atoms. The smallest absolute Gasteiger partial charge is 0.201 e. The summed E-state index contributed by atoms with van der Waals surface area (Å²) in [4.78, 5) is 4.45. The minimum atomic E-state index is 0.657. The molecule has 3 rings (SSSR count). The number of hydrogen-bond donors (Lipinski definition) is 1. The maximum absolute atomic E-state index is 5.98. The molecule has 1 heterocycles. The summed E-state index contributed by atoms with van der Waals surface area (Å²) in [7, 11) is 0. The van der Waals surface area contributed by atoms with Crippen LogP contribution in [0.2, 0.25) is 0 Å². The van der Waals surface area contributed by atoms with Gasteiger partial charge in [-0.3, -0.25) is 0 Å². The van der Waals surface area contributed by atoms with Crippen molar-refractivity contribution in [2.75, 3.05) is 5.73 Å². The van der Waals surface area contributed by atoms with E-state index >= 15 is 0 Å². The van der Waals surface area contributed by atoms with Crippen molar-refractivity contribution in [3.8, 4) is 0 Å². The lowest BCUT2D eigenvalue weighted by Crippen LogP contribution is -2.03. The number of fused-ring (bicyclic) bond motifs is 1. The first kappa shape index (κ1) is 9.70. The van der Waals surface area contributed by atoms with Crippen LogP contribution in [-0.2, 0) is 6.54 Å². The number of nitrogen functional groups attached to an aromatic ring is 1. The summed E-state index contributed by atoms with van der Waals surface area (Å²) in [6, 6.07) is 6.27. The van der Waals surface area contributed by atoms with Crippen molar-refractivity contribution in [2.24, 2.45) is 5.92 Å². The molecule has 3 nitrogen and oxygen atoms in total. The third-order valence-electron chi connectivity index (χ3n) is 3.47. The zero-order valence-corrected chi connectivity index (χ0v) is 9.61. The van der Waals surface area contributed by atoms with E-state index in [9.17, 15) is 0 Å². The van der Waals surface area contributed by atoms with Gasteiger partial charge in [-0.25, -0.2) is 4.98 Å². The summed E-state index contributed by atoms with van der Waals surface area (Å²) in [6.45, 7) is 3.09. The van der Waals surface area contributed by atoms with Crippen molar-refractivity contribution in [3.05, 3.63) is 23.8 Å². The number of nitrogens with zero attached hydrogens (tertiary/aromatic N) is 2.